The summed E-state index contributed by atoms with van der Waals surface area (Å²) < 4.78 is 5.11. The van der Waals surface area contributed by atoms with Gasteiger partial charge in [-0.2, -0.15) is 16.3 Å². The number of aryl methyl sites for hydroxylation is 1. The average Bonchev–Trinajstić information content (AvgIpc) is 2.85. The summed E-state index contributed by atoms with van der Waals surface area (Å²) in [7, 11) is 0. The Labute approximate surface area is 85.7 Å². The smallest absolute Gasteiger partial charge is 0.258 e. The maximum absolute atomic E-state index is 5.39. The van der Waals surface area contributed by atoms with Crippen LogP contribution in [0.3, 0.4) is 0 Å². The largest absolute Gasteiger partial charge is 0.334 e. The molecule has 2 heterocycles. The summed E-state index contributed by atoms with van der Waals surface area (Å²) in [6.45, 7) is 0.655. The zero-order valence-corrected chi connectivity index (χ0v) is 8.46. The molecule has 2 rings (SSSR count). The lowest BCUT2D eigenvalue weighted by Gasteiger charge is -1.88. The number of hydrogen-bond donors (Lipinski definition) is 1. The van der Waals surface area contributed by atoms with Crippen molar-refractivity contribution >= 4 is 11.3 Å². The van der Waals surface area contributed by atoms with Crippen LogP contribution < -0.4 is 5.73 Å². The minimum atomic E-state index is 0.596. The van der Waals surface area contributed by atoms with Gasteiger partial charge in [-0.1, -0.05) is 5.16 Å². The van der Waals surface area contributed by atoms with Gasteiger partial charge in [0.2, 0.25) is 0 Å². The monoisotopic (exact) mass is 209 g/mol. The second kappa shape index (κ2) is 4.34. The first-order valence-corrected chi connectivity index (χ1v) is 5.39. The third kappa shape index (κ3) is 2.00. The molecule has 4 nitrogen and oxygen atoms in total. The molecule has 0 bridgehead atoms. The lowest BCUT2D eigenvalue weighted by Crippen LogP contribution is -2.01. The van der Waals surface area contributed by atoms with Crippen LogP contribution in [0.25, 0.3) is 11.5 Å². The Morgan fingerprint density at radius 2 is 2.43 bits per heavy atom. The number of nitrogens with zero attached hydrogens (tertiary/aromatic N) is 2. The Morgan fingerprint density at radius 1 is 1.50 bits per heavy atom. The van der Waals surface area contributed by atoms with Crippen LogP contribution in [0.1, 0.15) is 12.2 Å². The molecule has 0 fully saturated rings. The molecule has 0 aliphatic heterocycles. The zero-order valence-electron chi connectivity index (χ0n) is 7.64. The molecular formula is C9H11N3OS. The van der Waals surface area contributed by atoms with Gasteiger partial charge in [0, 0.05) is 11.8 Å². The SMILES string of the molecule is NCCCc1noc(-c2ccsc2)n1. The summed E-state index contributed by atoms with van der Waals surface area (Å²) in [6.07, 6.45) is 1.67. The number of hydrogen-bond acceptors (Lipinski definition) is 5. The van der Waals surface area contributed by atoms with E-state index in [1.54, 1.807) is 11.3 Å². The van der Waals surface area contributed by atoms with Crippen LogP contribution >= 0.6 is 11.3 Å². The van der Waals surface area contributed by atoms with Gasteiger partial charge in [0.25, 0.3) is 5.89 Å². The van der Waals surface area contributed by atoms with E-state index >= 15 is 0 Å². The third-order valence-corrected chi connectivity index (χ3v) is 2.52. The topological polar surface area (TPSA) is 64.9 Å². The summed E-state index contributed by atoms with van der Waals surface area (Å²) in [5, 5.41) is 7.84. The predicted octanol–water partition coefficient (Wildman–Crippen LogP) is 1.69. The molecule has 0 amide bonds. The van der Waals surface area contributed by atoms with E-state index in [0.29, 0.717) is 12.4 Å². The lowest BCUT2D eigenvalue weighted by molar-refractivity contribution is 0.422. The molecule has 0 aliphatic rings. The minimum absolute atomic E-state index is 0.596. The Balaban J connectivity index is 2.10. The normalized spacial score (nSPS) is 10.6. The van der Waals surface area contributed by atoms with Crippen molar-refractivity contribution < 1.29 is 4.52 Å². The van der Waals surface area contributed by atoms with Crippen molar-refractivity contribution in [1.82, 2.24) is 10.1 Å². The predicted molar refractivity (Wildman–Crippen MR) is 55.0 cm³/mol. The molecule has 0 saturated carbocycles. The Morgan fingerprint density at radius 3 is 3.14 bits per heavy atom. The van der Waals surface area contributed by atoms with Crippen LogP contribution in [-0.4, -0.2) is 16.7 Å². The standard InChI is InChI=1S/C9H11N3OS/c10-4-1-2-8-11-9(13-12-8)7-3-5-14-6-7/h3,5-6H,1-2,4,10H2. The lowest BCUT2D eigenvalue weighted by atomic mass is 10.3. The maximum Gasteiger partial charge on any atom is 0.258 e. The molecule has 2 aromatic rings. The second-order valence-corrected chi connectivity index (χ2v) is 3.70. The zero-order chi connectivity index (χ0) is 9.80. The van der Waals surface area contributed by atoms with Gasteiger partial charge in [0.15, 0.2) is 5.82 Å². The van der Waals surface area contributed by atoms with Gasteiger partial charge in [0.1, 0.15) is 0 Å². The Hall–Kier alpha value is -1.20. The highest BCUT2D eigenvalue weighted by atomic mass is 32.1. The van der Waals surface area contributed by atoms with E-state index < -0.39 is 0 Å². The van der Waals surface area contributed by atoms with Gasteiger partial charge in [-0.25, -0.2) is 0 Å². The van der Waals surface area contributed by atoms with Crippen LogP contribution in [0, 0.1) is 0 Å². The molecule has 2 aromatic heterocycles. The van der Waals surface area contributed by atoms with Crippen molar-refractivity contribution in [3.8, 4) is 11.5 Å². The van der Waals surface area contributed by atoms with Crippen LogP contribution in [0.2, 0.25) is 0 Å². The van der Waals surface area contributed by atoms with Crippen molar-refractivity contribution in [3.63, 3.8) is 0 Å². The first-order chi connectivity index (χ1) is 6.90. The first-order valence-electron chi connectivity index (χ1n) is 4.45. The quantitative estimate of drug-likeness (QED) is 0.832. The molecule has 0 atom stereocenters. The minimum Gasteiger partial charge on any atom is -0.334 e. The first kappa shape index (κ1) is 9.36. The van der Waals surface area contributed by atoms with E-state index in [4.69, 9.17) is 10.3 Å². The highest BCUT2D eigenvalue weighted by Gasteiger charge is 2.07. The number of nitrogens with two attached hydrogens (primary N) is 1. The van der Waals surface area contributed by atoms with E-state index in [1.807, 2.05) is 16.8 Å². The van der Waals surface area contributed by atoms with Crippen LogP contribution in [0.4, 0.5) is 0 Å². The second-order valence-electron chi connectivity index (χ2n) is 2.92. The number of thiophene rings is 1. The molecular weight excluding hydrogens is 198 g/mol. The van der Waals surface area contributed by atoms with E-state index in [9.17, 15) is 0 Å². The molecule has 0 spiro atoms. The van der Waals surface area contributed by atoms with Gasteiger partial charge in [-0.05, 0) is 24.4 Å². The van der Waals surface area contributed by atoms with E-state index in [-0.39, 0.29) is 0 Å². The van der Waals surface area contributed by atoms with Crippen molar-refractivity contribution in [2.75, 3.05) is 6.54 Å². The average molecular weight is 209 g/mol. The third-order valence-electron chi connectivity index (χ3n) is 1.84. The molecule has 5 heteroatoms. The summed E-state index contributed by atoms with van der Waals surface area (Å²) in [4.78, 5) is 4.26. The van der Waals surface area contributed by atoms with Gasteiger partial charge in [-0.15, -0.1) is 0 Å². The highest BCUT2D eigenvalue weighted by molar-refractivity contribution is 7.08. The number of rotatable bonds is 4. The van der Waals surface area contributed by atoms with E-state index in [0.717, 1.165) is 24.2 Å². The summed E-state index contributed by atoms with van der Waals surface area (Å²) in [6, 6.07) is 1.96. The van der Waals surface area contributed by atoms with E-state index in [1.165, 1.54) is 0 Å². The highest BCUT2D eigenvalue weighted by Crippen LogP contribution is 2.19. The van der Waals surface area contributed by atoms with Crippen molar-refractivity contribution in [1.29, 1.82) is 0 Å². The van der Waals surface area contributed by atoms with Crippen LogP contribution in [0.5, 0.6) is 0 Å². The molecule has 0 aliphatic carbocycles. The van der Waals surface area contributed by atoms with E-state index in [2.05, 4.69) is 10.1 Å². The Bertz CT molecular complexity index is 382. The van der Waals surface area contributed by atoms with Crippen LogP contribution in [-0.2, 0) is 6.42 Å². The fourth-order valence-electron chi connectivity index (χ4n) is 1.12. The molecule has 0 radical (unpaired) electrons. The van der Waals surface area contributed by atoms with Crippen molar-refractivity contribution in [2.45, 2.75) is 12.8 Å². The summed E-state index contributed by atoms with van der Waals surface area (Å²) in [5.74, 6) is 1.33. The van der Waals surface area contributed by atoms with Gasteiger partial charge in [0.05, 0.1) is 5.56 Å². The number of aromatic nitrogens is 2. The fourth-order valence-corrected chi connectivity index (χ4v) is 1.75. The van der Waals surface area contributed by atoms with Crippen LogP contribution in [0.15, 0.2) is 21.3 Å². The van der Waals surface area contributed by atoms with Gasteiger partial charge in [-0.3, -0.25) is 0 Å². The van der Waals surface area contributed by atoms with Gasteiger partial charge >= 0.3 is 0 Å². The maximum atomic E-state index is 5.39. The molecule has 2 N–H and O–H groups in total. The van der Waals surface area contributed by atoms with Gasteiger partial charge < -0.3 is 10.3 Å². The fraction of sp³-hybridized carbons (Fsp3) is 0.333. The summed E-state index contributed by atoms with van der Waals surface area (Å²) >= 11 is 1.61. The summed E-state index contributed by atoms with van der Waals surface area (Å²) in [5.41, 5.74) is 6.38. The molecule has 74 valence electrons. The molecule has 0 unspecified atom stereocenters. The molecule has 0 aromatic carbocycles. The van der Waals surface area contributed by atoms with Crippen molar-refractivity contribution in [3.05, 3.63) is 22.7 Å². The molecule has 0 saturated heterocycles. The Kier molecular flexibility index (Phi) is 2.90. The molecule has 14 heavy (non-hydrogen) atoms. The van der Waals surface area contributed by atoms with Crippen molar-refractivity contribution in [2.24, 2.45) is 5.73 Å².